The summed E-state index contributed by atoms with van der Waals surface area (Å²) in [6.07, 6.45) is 2.03. The van der Waals surface area contributed by atoms with E-state index in [-0.39, 0.29) is 17.5 Å². The molecule has 0 saturated heterocycles. The molecule has 0 bridgehead atoms. The fraction of sp³-hybridized carbons (Fsp3) is 0.308. The van der Waals surface area contributed by atoms with E-state index in [1.54, 1.807) is 0 Å². The molecule has 1 aromatic carbocycles. The number of amides is 2. The van der Waals surface area contributed by atoms with Crippen LogP contribution in [0.2, 0.25) is 0 Å². The molecule has 1 aliphatic rings. The fourth-order valence-corrected chi connectivity index (χ4v) is 5.16. The number of aliphatic carboxylic acids is 1. The third-order valence-corrected chi connectivity index (χ3v) is 8.74. The number of hydrogen-bond acceptors (Lipinski definition) is 4. The van der Waals surface area contributed by atoms with Crippen LogP contribution >= 0.6 is 75.5 Å². The second kappa shape index (κ2) is 7.55. The van der Waals surface area contributed by atoms with E-state index in [4.69, 9.17) is 0 Å². The molecule has 1 atom stereocenters. The van der Waals surface area contributed by atoms with E-state index in [1.807, 2.05) is 6.26 Å². The van der Waals surface area contributed by atoms with Crippen LogP contribution in [0.25, 0.3) is 0 Å². The SMILES string of the molecule is CSCC[C@H](C(=O)O)N1C(=O)c2c(Br)c(Br)c(Br)c(Br)c2C1=O. The largest absolute Gasteiger partial charge is 0.480 e. The van der Waals surface area contributed by atoms with E-state index >= 15 is 0 Å². The molecule has 0 saturated carbocycles. The van der Waals surface area contributed by atoms with Crippen molar-refractivity contribution >= 4 is 93.3 Å². The van der Waals surface area contributed by atoms with Gasteiger partial charge in [0.2, 0.25) is 0 Å². The van der Waals surface area contributed by atoms with Crippen molar-refractivity contribution < 1.29 is 19.5 Å². The highest BCUT2D eigenvalue weighted by molar-refractivity contribution is 9.15. The van der Waals surface area contributed by atoms with Gasteiger partial charge in [-0.15, -0.1) is 0 Å². The van der Waals surface area contributed by atoms with E-state index in [2.05, 4.69) is 63.7 Å². The number of benzene rings is 1. The number of carbonyl (C=O) groups excluding carboxylic acids is 2. The summed E-state index contributed by atoms with van der Waals surface area (Å²) < 4.78 is 1.97. The predicted molar refractivity (Wildman–Crippen MR) is 102 cm³/mol. The molecule has 0 radical (unpaired) electrons. The van der Waals surface area contributed by atoms with Crippen LogP contribution < -0.4 is 0 Å². The van der Waals surface area contributed by atoms with Gasteiger partial charge in [-0.3, -0.25) is 14.5 Å². The molecule has 0 aliphatic carbocycles. The van der Waals surface area contributed by atoms with Crippen LogP contribution in [-0.4, -0.2) is 45.8 Å². The van der Waals surface area contributed by atoms with Crippen LogP contribution in [0.3, 0.4) is 0 Å². The van der Waals surface area contributed by atoms with Crippen molar-refractivity contribution in [1.29, 1.82) is 0 Å². The summed E-state index contributed by atoms with van der Waals surface area (Å²) in [5.74, 6) is -1.89. The monoisotopic (exact) mass is 591 g/mol. The smallest absolute Gasteiger partial charge is 0.326 e. The van der Waals surface area contributed by atoms with Crippen LogP contribution in [0.4, 0.5) is 0 Å². The van der Waals surface area contributed by atoms with Crippen LogP contribution in [0.1, 0.15) is 27.1 Å². The normalized spacial score (nSPS) is 15.1. The summed E-state index contributed by atoms with van der Waals surface area (Å²) in [6.45, 7) is 0. The summed E-state index contributed by atoms with van der Waals surface area (Å²) in [5, 5.41) is 9.43. The number of carbonyl (C=O) groups is 3. The Hall–Kier alpha value is 0.1000. The van der Waals surface area contributed by atoms with Gasteiger partial charge in [0.1, 0.15) is 6.04 Å². The topological polar surface area (TPSA) is 74.7 Å². The maximum Gasteiger partial charge on any atom is 0.326 e. The number of nitrogens with zero attached hydrogens (tertiary/aromatic N) is 1. The van der Waals surface area contributed by atoms with Crippen molar-refractivity contribution in [3.63, 3.8) is 0 Å². The Bertz CT molecular complexity index is 678. The van der Waals surface area contributed by atoms with Gasteiger partial charge in [-0.1, -0.05) is 0 Å². The lowest BCUT2D eigenvalue weighted by molar-refractivity contribution is -0.141. The summed E-state index contributed by atoms with van der Waals surface area (Å²) in [4.78, 5) is 37.8. The standard InChI is InChI=1S/C13H9Br4NO4S/c1-23-3-2-4(13(21)22)18-11(19)5-6(12(18)20)8(15)10(17)9(16)7(5)14/h4H,2-3H2,1H3,(H,21,22)/t4-/m1/s1. The Morgan fingerprint density at radius 3 is 1.83 bits per heavy atom. The molecule has 2 amide bonds. The summed E-state index contributed by atoms with van der Waals surface area (Å²) in [6, 6.07) is -1.19. The fourth-order valence-electron chi connectivity index (χ4n) is 2.24. The molecule has 23 heavy (non-hydrogen) atoms. The number of thioether (sulfide) groups is 1. The second-order valence-corrected chi connectivity index (χ2v) is 8.78. The lowest BCUT2D eigenvalue weighted by Gasteiger charge is -2.22. The zero-order valence-corrected chi connectivity index (χ0v) is 18.7. The summed E-state index contributed by atoms with van der Waals surface area (Å²) >= 11 is 14.7. The molecule has 5 nitrogen and oxygen atoms in total. The van der Waals surface area contributed by atoms with Crippen molar-refractivity contribution in [1.82, 2.24) is 4.90 Å². The Labute approximate surface area is 170 Å². The number of imide groups is 1. The van der Waals surface area contributed by atoms with Crippen LogP contribution in [0.5, 0.6) is 0 Å². The molecule has 10 heteroatoms. The Kier molecular flexibility index (Phi) is 6.38. The third kappa shape index (κ3) is 3.29. The number of halogens is 4. The van der Waals surface area contributed by atoms with Crippen molar-refractivity contribution in [2.45, 2.75) is 12.5 Å². The Morgan fingerprint density at radius 1 is 1.04 bits per heavy atom. The summed E-state index contributed by atoms with van der Waals surface area (Å²) in [7, 11) is 0. The molecule has 0 unspecified atom stereocenters. The molecule has 1 aromatic rings. The molecule has 0 spiro atoms. The van der Waals surface area contributed by atoms with Gasteiger partial charge < -0.3 is 5.11 Å². The zero-order chi connectivity index (χ0) is 17.5. The van der Waals surface area contributed by atoms with Gasteiger partial charge in [0, 0.05) is 17.9 Å². The highest BCUT2D eigenvalue weighted by Gasteiger charge is 2.46. The number of fused-ring (bicyclic) bond motifs is 1. The maximum atomic E-state index is 12.7. The van der Waals surface area contributed by atoms with E-state index < -0.39 is 23.8 Å². The minimum atomic E-state index is -1.20. The molecule has 124 valence electrons. The molecule has 2 rings (SSSR count). The zero-order valence-electron chi connectivity index (χ0n) is 11.5. The van der Waals surface area contributed by atoms with Crippen molar-refractivity contribution in [2.75, 3.05) is 12.0 Å². The van der Waals surface area contributed by atoms with Crippen LogP contribution in [-0.2, 0) is 4.79 Å². The summed E-state index contributed by atoms with van der Waals surface area (Å²) in [5.41, 5.74) is 0.319. The molecular weight excluding hydrogens is 586 g/mol. The molecule has 1 aliphatic heterocycles. The minimum absolute atomic E-state index is 0.160. The first-order chi connectivity index (χ1) is 10.7. The molecule has 0 aromatic heterocycles. The van der Waals surface area contributed by atoms with Gasteiger partial charge in [-0.2, -0.15) is 11.8 Å². The average molecular weight is 595 g/mol. The molecule has 0 fully saturated rings. The average Bonchev–Trinajstić information content (AvgIpc) is 2.75. The Balaban J connectivity index is 2.59. The van der Waals surface area contributed by atoms with Gasteiger partial charge in [-0.25, -0.2) is 4.79 Å². The first-order valence-electron chi connectivity index (χ1n) is 6.19. The number of rotatable bonds is 5. The van der Waals surface area contributed by atoms with Gasteiger partial charge >= 0.3 is 5.97 Å². The quantitative estimate of drug-likeness (QED) is 0.308. The van der Waals surface area contributed by atoms with Gasteiger partial charge in [-0.05, 0) is 82.1 Å². The molecule has 1 heterocycles. The van der Waals surface area contributed by atoms with Crippen LogP contribution in [0, 0.1) is 0 Å². The second-order valence-electron chi connectivity index (χ2n) is 4.62. The van der Waals surface area contributed by atoms with Gasteiger partial charge in [0.15, 0.2) is 0 Å². The minimum Gasteiger partial charge on any atom is -0.480 e. The lowest BCUT2D eigenvalue weighted by atomic mass is 10.1. The third-order valence-electron chi connectivity index (χ3n) is 3.32. The lowest BCUT2D eigenvalue weighted by Crippen LogP contribution is -2.45. The first-order valence-corrected chi connectivity index (χ1v) is 10.8. The van der Waals surface area contributed by atoms with Gasteiger partial charge in [0.25, 0.3) is 11.8 Å². The van der Waals surface area contributed by atoms with Crippen LogP contribution in [0.15, 0.2) is 17.9 Å². The number of carboxylic acids is 1. The van der Waals surface area contributed by atoms with Crippen molar-refractivity contribution in [3.05, 3.63) is 29.0 Å². The maximum absolute atomic E-state index is 12.7. The van der Waals surface area contributed by atoms with E-state index in [0.717, 1.165) is 4.90 Å². The van der Waals surface area contributed by atoms with E-state index in [1.165, 1.54) is 11.8 Å². The predicted octanol–water partition coefficient (Wildman–Crippen LogP) is 4.54. The molecule has 1 N–H and O–H groups in total. The highest BCUT2D eigenvalue weighted by atomic mass is 79.9. The number of carboxylic acid groups (broad SMARTS) is 1. The number of hydrogen-bond donors (Lipinski definition) is 1. The molecular formula is C13H9Br4NO4S. The van der Waals surface area contributed by atoms with Crippen molar-refractivity contribution in [2.24, 2.45) is 0 Å². The van der Waals surface area contributed by atoms with Crippen molar-refractivity contribution in [3.8, 4) is 0 Å². The highest BCUT2D eigenvalue weighted by Crippen LogP contribution is 2.45. The van der Waals surface area contributed by atoms with E-state index in [9.17, 15) is 19.5 Å². The van der Waals surface area contributed by atoms with E-state index in [0.29, 0.717) is 23.6 Å². The van der Waals surface area contributed by atoms with Gasteiger partial charge in [0.05, 0.1) is 11.1 Å². The first kappa shape index (κ1) is 19.4. The Morgan fingerprint density at radius 2 is 1.48 bits per heavy atom.